The van der Waals surface area contributed by atoms with E-state index >= 15 is 0 Å². The highest BCUT2D eigenvalue weighted by atomic mass is 16.5. The molecule has 0 aliphatic rings. The van der Waals surface area contributed by atoms with Gasteiger partial charge in [-0.1, -0.05) is 6.92 Å². The third kappa shape index (κ3) is 3.47. The van der Waals surface area contributed by atoms with E-state index in [-0.39, 0.29) is 13.0 Å². The van der Waals surface area contributed by atoms with Crippen molar-refractivity contribution < 1.29 is 14.6 Å². The largest absolute Gasteiger partial charge is 0.490 e. The van der Waals surface area contributed by atoms with Crippen LogP contribution < -0.4 is 4.74 Å². The second-order valence-corrected chi connectivity index (χ2v) is 2.93. The molecule has 78 valence electrons. The summed E-state index contributed by atoms with van der Waals surface area (Å²) in [5.41, 5.74) is 0. The van der Waals surface area contributed by atoms with E-state index in [9.17, 15) is 4.79 Å². The molecule has 0 aromatic carbocycles. The number of rotatable bonds is 6. The number of aryl methyl sites for hydroxylation is 1. The second-order valence-electron chi connectivity index (χ2n) is 2.93. The molecule has 0 saturated carbocycles. The van der Waals surface area contributed by atoms with Gasteiger partial charge in [-0.2, -0.15) is 5.10 Å². The van der Waals surface area contributed by atoms with Crippen LogP contribution in [-0.4, -0.2) is 27.5 Å². The molecule has 5 heteroatoms. The molecular formula is C9H14N2O3. The van der Waals surface area contributed by atoms with Crippen LogP contribution in [0.15, 0.2) is 12.4 Å². The molecule has 1 rings (SSSR count). The fourth-order valence-electron chi connectivity index (χ4n) is 1.03. The zero-order valence-electron chi connectivity index (χ0n) is 8.14. The lowest BCUT2D eigenvalue weighted by atomic mass is 10.5. The highest BCUT2D eigenvalue weighted by Crippen LogP contribution is 2.08. The molecule has 0 amide bonds. The van der Waals surface area contributed by atoms with E-state index in [1.54, 1.807) is 17.1 Å². The lowest BCUT2D eigenvalue weighted by Gasteiger charge is -1.99. The SMILES string of the molecule is CCCn1cc(OCCC(=O)O)cn1. The number of ether oxygens (including phenoxy) is 1. The number of nitrogens with zero attached hydrogens (tertiary/aromatic N) is 2. The smallest absolute Gasteiger partial charge is 0.306 e. The molecule has 0 unspecified atom stereocenters. The highest BCUT2D eigenvalue weighted by molar-refractivity contribution is 5.66. The van der Waals surface area contributed by atoms with Crippen LogP contribution in [0.5, 0.6) is 5.75 Å². The van der Waals surface area contributed by atoms with Crippen LogP contribution in [0.3, 0.4) is 0 Å². The molecule has 0 aliphatic carbocycles. The van der Waals surface area contributed by atoms with E-state index in [1.807, 2.05) is 0 Å². The van der Waals surface area contributed by atoms with Gasteiger partial charge in [0.1, 0.15) is 0 Å². The van der Waals surface area contributed by atoms with E-state index in [4.69, 9.17) is 9.84 Å². The molecule has 0 fully saturated rings. The van der Waals surface area contributed by atoms with Gasteiger partial charge in [0.05, 0.1) is 25.4 Å². The molecule has 1 heterocycles. The highest BCUT2D eigenvalue weighted by Gasteiger charge is 2.00. The van der Waals surface area contributed by atoms with Crippen molar-refractivity contribution in [1.82, 2.24) is 9.78 Å². The van der Waals surface area contributed by atoms with Gasteiger partial charge >= 0.3 is 5.97 Å². The fraction of sp³-hybridized carbons (Fsp3) is 0.556. The molecule has 0 saturated heterocycles. The first-order valence-electron chi connectivity index (χ1n) is 4.59. The molecule has 5 nitrogen and oxygen atoms in total. The van der Waals surface area contributed by atoms with Gasteiger partial charge in [0, 0.05) is 6.54 Å². The Morgan fingerprint density at radius 3 is 3.14 bits per heavy atom. The standard InChI is InChI=1S/C9H14N2O3/c1-2-4-11-7-8(6-10-11)14-5-3-9(12)13/h6-7H,2-5H2,1H3,(H,12,13). The quantitative estimate of drug-likeness (QED) is 0.744. The molecule has 0 spiro atoms. The van der Waals surface area contributed by atoms with E-state index in [0.717, 1.165) is 13.0 Å². The minimum absolute atomic E-state index is 0.0129. The normalized spacial score (nSPS) is 10.1. The molecule has 0 radical (unpaired) electrons. The lowest BCUT2D eigenvalue weighted by molar-refractivity contribution is -0.137. The molecule has 14 heavy (non-hydrogen) atoms. The molecular weight excluding hydrogens is 184 g/mol. The van der Waals surface area contributed by atoms with Crippen LogP contribution in [0.1, 0.15) is 19.8 Å². The van der Waals surface area contributed by atoms with Crippen LogP contribution in [0, 0.1) is 0 Å². The van der Waals surface area contributed by atoms with Gasteiger partial charge in [-0.25, -0.2) is 0 Å². The van der Waals surface area contributed by atoms with Crippen LogP contribution in [-0.2, 0) is 11.3 Å². The Kier molecular flexibility index (Phi) is 3.97. The summed E-state index contributed by atoms with van der Waals surface area (Å²) < 4.78 is 6.95. The summed E-state index contributed by atoms with van der Waals surface area (Å²) in [6, 6.07) is 0. The molecule has 0 bridgehead atoms. The van der Waals surface area contributed by atoms with Crippen LogP contribution in [0.2, 0.25) is 0 Å². The number of hydrogen-bond donors (Lipinski definition) is 1. The molecule has 0 aliphatic heterocycles. The zero-order valence-corrected chi connectivity index (χ0v) is 8.14. The van der Waals surface area contributed by atoms with Crippen molar-refractivity contribution in [2.75, 3.05) is 6.61 Å². The Labute approximate surface area is 82.3 Å². The first kappa shape index (κ1) is 10.6. The minimum Gasteiger partial charge on any atom is -0.490 e. The Bertz CT molecular complexity index is 296. The van der Waals surface area contributed by atoms with Crippen molar-refractivity contribution in [3.8, 4) is 5.75 Å². The summed E-state index contributed by atoms with van der Waals surface area (Å²) in [5, 5.41) is 12.4. The number of hydrogen-bond acceptors (Lipinski definition) is 3. The summed E-state index contributed by atoms with van der Waals surface area (Å²) in [6.07, 6.45) is 4.39. The molecule has 1 N–H and O–H groups in total. The van der Waals surface area contributed by atoms with Crippen molar-refractivity contribution >= 4 is 5.97 Å². The number of aromatic nitrogens is 2. The average Bonchev–Trinajstić information content (AvgIpc) is 2.53. The van der Waals surface area contributed by atoms with Gasteiger partial charge in [0.15, 0.2) is 5.75 Å². The number of aliphatic carboxylic acids is 1. The first-order chi connectivity index (χ1) is 6.72. The van der Waals surface area contributed by atoms with Crippen LogP contribution in [0.25, 0.3) is 0 Å². The summed E-state index contributed by atoms with van der Waals surface area (Å²) in [7, 11) is 0. The van der Waals surface area contributed by atoms with Gasteiger partial charge in [-0.15, -0.1) is 0 Å². The second kappa shape index (κ2) is 5.26. The van der Waals surface area contributed by atoms with Crippen molar-refractivity contribution in [2.45, 2.75) is 26.3 Å². The predicted molar refractivity (Wildman–Crippen MR) is 50.3 cm³/mol. The zero-order chi connectivity index (χ0) is 10.4. The average molecular weight is 198 g/mol. The number of carboxylic acid groups (broad SMARTS) is 1. The Morgan fingerprint density at radius 1 is 1.71 bits per heavy atom. The van der Waals surface area contributed by atoms with Gasteiger partial charge in [-0.3, -0.25) is 9.48 Å². The van der Waals surface area contributed by atoms with Gasteiger partial charge in [0.25, 0.3) is 0 Å². The first-order valence-corrected chi connectivity index (χ1v) is 4.59. The molecule has 1 aromatic rings. The van der Waals surface area contributed by atoms with Crippen LogP contribution in [0.4, 0.5) is 0 Å². The van der Waals surface area contributed by atoms with E-state index in [0.29, 0.717) is 5.75 Å². The third-order valence-electron chi connectivity index (χ3n) is 1.65. The van der Waals surface area contributed by atoms with E-state index in [2.05, 4.69) is 12.0 Å². The van der Waals surface area contributed by atoms with E-state index in [1.165, 1.54) is 0 Å². The number of carbonyl (C=O) groups is 1. The van der Waals surface area contributed by atoms with Crippen LogP contribution >= 0.6 is 0 Å². The van der Waals surface area contributed by atoms with Gasteiger partial charge in [-0.05, 0) is 6.42 Å². The van der Waals surface area contributed by atoms with Gasteiger partial charge in [0.2, 0.25) is 0 Å². The Morgan fingerprint density at radius 2 is 2.50 bits per heavy atom. The maximum atomic E-state index is 10.2. The lowest BCUT2D eigenvalue weighted by Crippen LogP contribution is -2.04. The Hall–Kier alpha value is -1.52. The topological polar surface area (TPSA) is 64.3 Å². The molecule has 1 aromatic heterocycles. The van der Waals surface area contributed by atoms with Crippen molar-refractivity contribution in [3.05, 3.63) is 12.4 Å². The van der Waals surface area contributed by atoms with Gasteiger partial charge < -0.3 is 9.84 Å². The maximum Gasteiger partial charge on any atom is 0.306 e. The van der Waals surface area contributed by atoms with Crippen molar-refractivity contribution in [3.63, 3.8) is 0 Å². The predicted octanol–water partition coefficient (Wildman–Crippen LogP) is 1.15. The summed E-state index contributed by atoms with van der Waals surface area (Å²) in [4.78, 5) is 10.2. The minimum atomic E-state index is -0.856. The third-order valence-corrected chi connectivity index (χ3v) is 1.65. The van der Waals surface area contributed by atoms with E-state index < -0.39 is 5.97 Å². The summed E-state index contributed by atoms with van der Waals surface area (Å²) >= 11 is 0. The monoisotopic (exact) mass is 198 g/mol. The number of carboxylic acids is 1. The summed E-state index contributed by atoms with van der Waals surface area (Å²) in [6.45, 7) is 3.10. The van der Waals surface area contributed by atoms with Crippen molar-refractivity contribution in [1.29, 1.82) is 0 Å². The summed E-state index contributed by atoms with van der Waals surface area (Å²) in [5.74, 6) is -0.231. The maximum absolute atomic E-state index is 10.2. The fourth-order valence-corrected chi connectivity index (χ4v) is 1.03. The van der Waals surface area contributed by atoms with Crippen molar-refractivity contribution in [2.24, 2.45) is 0 Å². The Balaban J connectivity index is 2.32. The molecule has 0 atom stereocenters.